The lowest BCUT2D eigenvalue weighted by molar-refractivity contribution is -0.206. The maximum atomic E-state index is 12.8. The maximum absolute atomic E-state index is 12.8. The van der Waals surface area contributed by atoms with Crippen LogP contribution >= 0.6 is 11.6 Å². The van der Waals surface area contributed by atoms with Crippen LogP contribution in [0.3, 0.4) is 0 Å². The number of ether oxygens (including phenoxy) is 1. The van der Waals surface area contributed by atoms with Gasteiger partial charge in [-0.05, 0) is 18.6 Å². The Labute approximate surface area is 144 Å². The standard InChI is InChI=1S/C17H17ClN2O4/c1-9-12(16(22)23)13(10-4-2-3-5-11(10)18)14-15(21)20-6-7-24-8-17(14,20)19-9/h2-5,13-14,19H,6-8H2,1H3,(H,22,23). The maximum Gasteiger partial charge on any atom is 0.333 e. The molecule has 3 heterocycles. The zero-order valence-corrected chi connectivity index (χ0v) is 13.8. The monoisotopic (exact) mass is 348 g/mol. The Morgan fingerprint density at radius 2 is 2.21 bits per heavy atom. The first-order chi connectivity index (χ1) is 11.5. The Balaban J connectivity index is 1.91. The number of rotatable bonds is 2. The second-order valence-electron chi connectivity index (χ2n) is 6.41. The molecule has 3 unspecified atom stereocenters. The molecule has 1 aromatic carbocycles. The third-order valence-corrected chi connectivity index (χ3v) is 5.58. The molecule has 0 radical (unpaired) electrons. The van der Waals surface area contributed by atoms with E-state index >= 15 is 0 Å². The molecule has 0 saturated carbocycles. The molecule has 4 rings (SSSR count). The minimum absolute atomic E-state index is 0.0537. The number of nitrogens with zero attached hydrogens (tertiary/aromatic N) is 1. The molecule has 2 N–H and O–H groups in total. The summed E-state index contributed by atoms with van der Waals surface area (Å²) in [7, 11) is 0. The molecule has 3 atom stereocenters. The molecule has 1 spiro atoms. The number of allylic oxidation sites excluding steroid dienone is 1. The van der Waals surface area contributed by atoms with Crippen molar-refractivity contribution < 1.29 is 19.4 Å². The average molecular weight is 349 g/mol. The summed E-state index contributed by atoms with van der Waals surface area (Å²) in [5.74, 6) is -2.22. The highest BCUT2D eigenvalue weighted by Crippen LogP contribution is 2.53. The average Bonchev–Trinajstić information content (AvgIpc) is 2.53. The molecule has 2 saturated heterocycles. The quantitative estimate of drug-likeness (QED) is 0.793. The lowest BCUT2D eigenvalue weighted by Gasteiger charge is -2.63. The Bertz CT molecular complexity index is 778. The van der Waals surface area contributed by atoms with Crippen molar-refractivity contribution in [2.75, 3.05) is 19.8 Å². The van der Waals surface area contributed by atoms with Gasteiger partial charge in [-0.15, -0.1) is 0 Å². The van der Waals surface area contributed by atoms with Gasteiger partial charge in [-0.1, -0.05) is 29.8 Å². The van der Waals surface area contributed by atoms with E-state index in [1.165, 1.54) is 0 Å². The third kappa shape index (κ3) is 1.87. The molecule has 3 aliphatic rings. The number of hydrogen-bond donors (Lipinski definition) is 2. The smallest absolute Gasteiger partial charge is 0.333 e. The van der Waals surface area contributed by atoms with Gasteiger partial charge in [0.15, 0.2) is 0 Å². The molecular weight excluding hydrogens is 332 g/mol. The van der Waals surface area contributed by atoms with E-state index in [4.69, 9.17) is 16.3 Å². The Morgan fingerprint density at radius 1 is 1.46 bits per heavy atom. The van der Waals surface area contributed by atoms with Gasteiger partial charge in [0.2, 0.25) is 5.91 Å². The van der Waals surface area contributed by atoms with E-state index in [1.54, 1.807) is 30.0 Å². The number of carboxylic acid groups (broad SMARTS) is 1. The van der Waals surface area contributed by atoms with Crippen LogP contribution in [0.5, 0.6) is 0 Å². The minimum Gasteiger partial charge on any atom is -0.478 e. The number of hydrogen-bond acceptors (Lipinski definition) is 4. The topological polar surface area (TPSA) is 78.9 Å². The Hall–Kier alpha value is -2.05. The number of halogens is 1. The van der Waals surface area contributed by atoms with Crippen LogP contribution in [0.2, 0.25) is 5.02 Å². The number of nitrogens with one attached hydrogen (secondary N) is 1. The van der Waals surface area contributed by atoms with E-state index in [0.29, 0.717) is 36.0 Å². The van der Waals surface area contributed by atoms with Gasteiger partial charge in [-0.3, -0.25) is 4.79 Å². The number of amides is 1. The molecule has 7 heteroatoms. The van der Waals surface area contributed by atoms with Gasteiger partial charge in [0.1, 0.15) is 5.66 Å². The molecule has 1 aromatic rings. The third-order valence-electron chi connectivity index (χ3n) is 5.23. The normalized spacial score (nSPS) is 31.8. The zero-order valence-electron chi connectivity index (χ0n) is 13.1. The fourth-order valence-corrected chi connectivity index (χ4v) is 4.53. The van der Waals surface area contributed by atoms with Crippen LogP contribution < -0.4 is 5.32 Å². The van der Waals surface area contributed by atoms with Gasteiger partial charge >= 0.3 is 5.97 Å². The number of morpholine rings is 1. The van der Waals surface area contributed by atoms with Crippen molar-refractivity contribution in [1.29, 1.82) is 0 Å². The first-order valence-corrected chi connectivity index (χ1v) is 8.21. The molecule has 1 amide bonds. The van der Waals surface area contributed by atoms with Crippen molar-refractivity contribution in [3.63, 3.8) is 0 Å². The fourth-order valence-electron chi connectivity index (χ4n) is 4.28. The summed E-state index contributed by atoms with van der Waals surface area (Å²) >= 11 is 6.34. The van der Waals surface area contributed by atoms with E-state index in [2.05, 4.69) is 5.32 Å². The van der Waals surface area contributed by atoms with Crippen molar-refractivity contribution in [1.82, 2.24) is 10.2 Å². The molecule has 3 aliphatic heterocycles. The Morgan fingerprint density at radius 3 is 2.92 bits per heavy atom. The summed E-state index contributed by atoms with van der Waals surface area (Å²) in [6, 6.07) is 7.11. The van der Waals surface area contributed by atoms with E-state index in [9.17, 15) is 14.7 Å². The van der Waals surface area contributed by atoms with Crippen LogP contribution in [-0.4, -0.2) is 47.3 Å². The van der Waals surface area contributed by atoms with Crippen molar-refractivity contribution in [3.8, 4) is 0 Å². The number of carbonyl (C=O) groups is 2. The number of benzene rings is 1. The van der Waals surface area contributed by atoms with Gasteiger partial charge in [-0.25, -0.2) is 4.79 Å². The second kappa shape index (κ2) is 5.22. The van der Waals surface area contributed by atoms with Crippen LogP contribution in [0.25, 0.3) is 0 Å². The van der Waals surface area contributed by atoms with Gasteiger partial charge in [0.05, 0.1) is 24.7 Å². The summed E-state index contributed by atoms with van der Waals surface area (Å²) in [5, 5.41) is 13.5. The predicted octanol–water partition coefficient (Wildman–Crippen LogP) is 1.57. The molecule has 2 fully saturated rings. The lowest BCUT2D eigenvalue weighted by Crippen LogP contribution is -2.83. The van der Waals surface area contributed by atoms with Crippen molar-refractivity contribution in [2.24, 2.45) is 5.92 Å². The first kappa shape index (κ1) is 15.5. The number of carbonyl (C=O) groups excluding carboxylic acids is 1. The molecule has 0 aromatic heterocycles. The molecule has 6 nitrogen and oxygen atoms in total. The summed E-state index contributed by atoms with van der Waals surface area (Å²) < 4.78 is 5.61. The van der Waals surface area contributed by atoms with Crippen LogP contribution in [-0.2, 0) is 14.3 Å². The summed E-state index contributed by atoms with van der Waals surface area (Å²) in [6.45, 7) is 3.07. The molecule has 0 bridgehead atoms. The number of β-lactam (4-membered cyclic amide) rings is 1. The predicted molar refractivity (Wildman–Crippen MR) is 86.4 cm³/mol. The summed E-state index contributed by atoms with van der Waals surface area (Å²) in [4.78, 5) is 26.4. The number of carboxylic acids is 1. The molecule has 24 heavy (non-hydrogen) atoms. The lowest BCUT2D eigenvalue weighted by atomic mass is 9.64. The minimum atomic E-state index is -1.04. The van der Waals surface area contributed by atoms with Gasteiger partial charge in [-0.2, -0.15) is 0 Å². The van der Waals surface area contributed by atoms with Crippen molar-refractivity contribution in [3.05, 3.63) is 46.1 Å². The van der Waals surface area contributed by atoms with Crippen LogP contribution in [0, 0.1) is 5.92 Å². The zero-order chi connectivity index (χ0) is 17.1. The Kier molecular flexibility index (Phi) is 3.37. The summed E-state index contributed by atoms with van der Waals surface area (Å²) in [6.07, 6.45) is 0. The van der Waals surface area contributed by atoms with Crippen LogP contribution in [0.15, 0.2) is 35.5 Å². The number of aliphatic carboxylic acids is 1. The largest absolute Gasteiger partial charge is 0.478 e. The van der Waals surface area contributed by atoms with Gasteiger partial charge < -0.3 is 20.1 Å². The highest BCUT2D eigenvalue weighted by atomic mass is 35.5. The second-order valence-corrected chi connectivity index (χ2v) is 6.82. The van der Waals surface area contributed by atoms with E-state index in [-0.39, 0.29) is 11.5 Å². The van der Waals surface area contributed by atoms with Crippen LogP contribution in [0.1, 0.15) is 18.4 Å². The van der Waals surface area contributed by atoms with E-state index < -0.39 is 23.5 Å². The van der Waals surface area contributed by atoms with E-state index in [0.717, 1.165) is 0 Å². The summed E-state index contributed by atoms with van der Waals surface area (Å²) in [5.41, 5.74) is 0.728. The van der Waals surface area contributed by atoms with Gasteiger partial charge in [0.25, 0.3) is 0 Å². The highest BCUT2D eigenvalue weighted by Gasteiger charge is 2.67. The fraction of sp³-hybridized carbons (Fsp3) is 0.412. The van der Waals surface area contributed by atoms with E-state index in [1.807, 2.05) is 6.07 Å². The van der Waals surface area contributed by atoms with Crippen molar-refractivity contribution >= 4 is 23.5 Å². The van der Waals surface area contributed by atoms with Crippen molar-refractivity contribution in [2.45, 2.75) is 18.5 Å². The molecule has 0 aliphatic carbocycles. The SMILES string of the molecule is CC1=C(C(=O)O)C(c2ccccc2Cl)C2C(=O)N3CCOCC23N1. The molecule has 126 valence electrons. The van der Waals surface area contributed by atoms with Gasteiger partial charge in [0, 0.05) is 23.2 Å². The highest BCUT2D eigenvalue weighted by molar-refractivity contribution is 6.31. The molecular formula is C17H17ClN2O4. The van der Waals surface area contributed by atoms with Crippen LogP contribution in [0.4, 0.5) is 0 Å². The first-order valence-electron chi connectivity index (χ1n) is 7.83.